The molecule has 0 aromatic carbocycles. The van der Waals surface area contributed by atoms with Gasteiger partial charge < -0.3 is 18.6 Å². The van der Waals surface area contributed by atoms with Crippen LogP contribution in [0.5, 0.6) is 0 Å². The van der Waals surface area contributed by atoms with Crippen molar-refractivity contribution in [3.8, 4) is 0 Å². The summed E-state index contributed by atoms with van der Waals surface area (Å²) in [6.07, 6.45) is 7.15. The van der Waals surface area contributed by atoms with Gasteiger partial charge in [-0.25, -0.2) is 0 Å². The van der Waals surface area contributed by atoms with Gasteiger partial charge in [-0.2, -0.15) is 0 Å². The van der Waals surface area contributed by atoms with Crippen LogP contribution in [0.3, 0.4) is 0 Å². The van der Waals surface area contributed by atoms with Crippen LogP contribution in [-0.4, -0.2) is 36.6 Å². The molecule has 1 unspecified atom stereocenters. The van der Waals surface area contributed by atoms with E-state index >= 15 is 0 Å². The van der Waals surface area contributed by atoms with Crippen LogP contribution in [0.2, 0.25) is 6.32 Å². The van der Waals surface area contributed by atoms with E-state index in [9.17, 15) is 0 Å². The molecule has 0 bridgehead atoms. The Morgan fingerprint density at radius 3 is 1.64 bits per heavy atom. The summed E-state index contributed by atoms with van der Waals surface area (Å²) in [5, 5.41) is 0. The second-order valence-corrected chi connectivity index (χ2v) is 9.22. The molecular formula is C19H34B2O4. The highest BCUT2D eigenvalue weighted by Crippen LogP contribution is 2.38. The van der Waals surface area contributed by atoms with Crippen molar-refractivity contribution in [1.82, 2.24) is 0 Å². The minimum absolute atomic E-state index is 0.180. The van der Waals surface area contributed by atoms with E-state index in [2.05, 4.69) is 80.5 Å². The molecule has 4 nitrogen and oxygen atoms in total. The van der Waals surface area contributed by atoms with Gasteiger partial charge in [0.25, 0.3) is 0 Å². The summed E-state index contributed by atoms with van der Waals surface area (Å²) in [6, 6.07) is 0. The third-order valence-electron chi connectivity index (χ3n) is 5.91. The lowest BCUT2D eigenvalue weighted by Crippen LogP contribution is -2.41. The number of rotatable bonds is 5. The van der Waals surface area contributed by atoms with Gasteiger partial charge in [-0.05, 0) is 61.3 Å². The SMILES string of the molecule is CC(/C=C\CB1OC(C)(C)C(C)(C)O1)/C=C\B1OC(C)(C)C(C)(C)O1. The van der Waals surface area contributed by atoms with E-state index in [1.165, 1.54) is 0 Å². The molecule has 2 fully saturated rings. The normalized spacial score (nSPS) is 28.4. The van der Waals surface area contributed by atoms with Crippen LogP contribution in [0.25, 0.3) is 0 Å². The van der Waals surface area contributed by atoms with E-state index < -0.39 is 0 Å². The maximum absolute atomic E-state index is 6.00. The Labute approximate surface area is 154 Å². The highest BCUT2D eigenvalue weighted by Gasteiger charge is 2.51. The first-order valence-corrected chi connectivity index (χ1v) is 9.32. The zero-order chi connectivity index (χ0) is 19.1. The quantitative estimate of drug-likeness (QED) is 0.543. The molecule has 0 aromatic heterocycles. The molecule has 140 valence electrons. The van der Waals surface area contributed by atoms with Crippen molar-refractivity contribution in [3.05, 3.63) is 24.2 Å². The molecule has 1 atom stereocenters. The van der Waals surface area contributed by atoms with Crippen molar-refractivity contribution in [1.29, 1.82) is 0 Å². The fraction of sp³-hybridized carbons (Fsp3) is 0.789. The van der Waals surface area contributed by atoms with Gasteiger partial charge in [-0.1, -0.05) is 31.1 Å². The Morgan fingerprint density at radius 2 is 1.16 bits per heavy atom. The van der Waals surface area contributed by atoms with Crippen molar-refractivity contribution < 1.29 is 18.6 Å². The van der Waals surface area contributed by atoms with Gasteiger partial charge in [0.1, 0.15) is 0 Å². The molecule has 0 aromatic rings. The largest absolute Gasteiger partial charge is 0.486 e. The summed E-state index contributed by atoms with van der Waals surface area (Å²) in [5.74, 6) is 2.29. The Kier molecular flexibility index (Phi) is 5.71. The highest BCUT2D eigenvalue weighted by molar-refractivity contribution is 6.51. The second kappa shape index (κ2) is 6.88. The van der Waals surface area contributed by atoms with Gasteiger partial charge in [0, 0.05) is 6.32 Å². The maximum atomic E-state index is 6.00. The molecule has 0 amide bonds. The zero-order valence-electron chi connectivity index (χ0n) is 17.4. The molecule has 2 aliphatic heterocycles. The summed E-state index contributed by atoms with van der Waals surface area (Å²) < 4.78 is 23.9. The van der Waals surface area contributed by atoms with Gasteiger partial charge in [0.05, 0.1) is 22.4 Å². The van der Waals surface area contributed by atoms with Crippen LogP contribution >= 0.6 is 0 Å². The predicted octanol–water partition coefficient (Wildman–Crippen LogP) is 4.46. The Hall–Kier alpha value is -0.550. The van der Waals surface area contributed by atoms with Gasteiger partial charge in [-0.15, -0.1) is 0 Å². The fourth-order valence-corrected chi connectivity index (χ4v) is 2.76. The third kappa shape index (κ3) is 4.60. The van der Waals surface area contributed by atoms with Crippen molar-refractivity contribution in [3.63, 3.8) is 0 Å². The smallest absolute Gasteiger partial charge is 0.403 e. The molecule has 0 N–H and O–H groups in total. The molecular weight excluding hydrogens is 314 g/mol. The summed E-state index contributed by atoms with van der Waals surface area (Å²) in [5.41, 5.74) is -1.13. The average molecular weight is 348 g/mol. The van der Waals surface area contributed by atoms with Crippen molar-refractivity contribution in [2.75, 3.05) is 0 Å². The van der Waals surface area contributed by atoms with E-state index in [-0.39, 0.29) is 36.6 Å². The molecule has 2 saturated heterocycles. The minimum Gasteiger partial charge on any atom is -0.403 e. The Balaban J connectivity index is 1.81. The third-order valence-corrected chi connectivity index (χ3v) is 5.91. The first-order valence-electron chi connectivity index (χ1n) is 9.32. The molecule has 6 heteroatoms. The van der Waals surface area contributed by atoms with Crippen LogP contribution in [0.4, 0.5) is 0 Å². The van der Waals surface area contributed by atoms with Crippen molar-refractivity contribution in [2.24, 2.45) is 5.92 Å². The molecule has 0 aliphatic carbocycles. The van der Waals surface area contributed by atoms with Crippen LogP contribution in [0.1, 0.15) is 62.3 Å². The predicted molar refractivity (Wildman–Crippen MR) is 104 cm³/mol. The van der Waals surface area contributed by atoms with Crippen LogP contribution in [0, 0.1) is 5.92 Å². The molecule has 25 heavy (non-hydrogen) atoms. The number of hydrogen-bond acceptors (Lipinski definition) is 4. The van der Waals surface area contributed by atoms with Crippen LogP contribution in [0.15, 0.2) is 24.2 Å². The lowest BCUT2D eigenvalue weighted by atomic mass is 9.84. The molecule has 2 rings (SSSR count). The molecule has 0 spiro atoms. The summed E-state index contributed by atoms with van der Waals surface area (Å²) >= 11 is 0. The van der Waals surface area contributed by atoms with E-state index in [1.807, 2.05) is 5.98 Å². The summed E-state index contributed by atoms with van der Waals surface area (Å²) in [4.78, 5) is 0. The Morgan fingerprint density at radius 1 is 0.720 bits per heavy atom. The molecule has 0 radical (unpaired) electrons. The second-order valence-electron chi connectivity index (χ2n) is 9.22. The summed E-state index contributed by atoms with van der Waals surface area (Å²) in [6.45, 7) is 18.7. The number of allylic oxidation sites excluding steroid dienone is 3. The highest BCUT2D eigenvalue weighted by atomic mass is 16.7. The van der Waals surface area contributed by atoms with Crippen LogP contribution in [-0.2, 0) is 18.6 Å². The molecule has 2 aliphatic rings. The monoisotopic (exact) mass is 348 g/mol. The fourth-order valence-electron chi connectivity index (χ4n) is 2.76. The van der Waals surface area contributed by atoms with Crippen LogP contribution < -0.4 is 0 Å². The standard InChI is InChI=1S/C19H34B2O4/c1-15(12-14-21-24-18(6,7)19(8,9)25-21)11-10-13-20-22-16(2,3)17(4,5)23-20/h10-12,14-15H,13H2,1-9H3/b11-10-,14-12-. The Bertz CT molecular complexity index is 506. The van der Waals surface area contributed by atoms with E-state index in [1.54, 1.807) is 0 Å². The van der Waals surface area contributed by atoms with E-state index in [4.69, 9.17) is 18.6 Å². The first-order chi connectivity index (χ1) is 11.3. The first kappa shape index (κ1) is 20.8. The number of hydrogen-bond donors (Lipinski definition) is 0. The summed E-state index contributed by atoms with van der Waals surface area (Å²) in [7, 11) is -0.468. The minimum atomic E-state index is -0.294. The van der Waals surface area contributed by atoms with E-state index in [0.29, 0.717) is 5.92 Å². The lowest BCUT2D eigenvalue weighted by molar-refractivity contribution is 0.00578. The topological polar surface area (TPSA) is 36.9 Å². The van der Waals surface area contributed by atoms with Gasteiger partial charge in [-0.3, -0.25) is 0 Å². The lowest BCUT2D eigenvalue weighted by Gasteiger charge is -2.32. The van der Waals surface area contributed by atoms with Crippen molar-refractivity contribution in [2.45, 2.75) is 91.0 Å². The molecule has 2 heterocycles. The maximum Gasteiger partial charge on any atom is 0.486 e. The molecule has 0 saturated carbocycles. The van der Waals surface area contributed by atoms with Gasteiger partial charge in [0.2, 0.25) is 0 Å². The van der Waals surface area contributed by atoms with Crippen molar-refractivity contribution >= 4 is 14.2 Å². The van der Waals surface area contributed by atoms with Gasteiger partial charge >= 0.3 is 14.2 Å². The average Bonchev–Trinajstić information content (AvgIpc) is 2.75. The van der Waals surface area contributed by atoms with Gasteiger partial charge in [0.15, 0.2) is 0 Å². The zero-order valence-corrected chi connectivity index (χ0v) is 17.4. The van der Waals surface area contributed by atoms with E-state index in [0.717, 1.165) is 6.32 Å².